The number of aromatic amines is 1. The molecule has 0 fully saturated rings. The summed E-state index contributed by atoms with van der Waals surface area (Å²) in [6, 6.07) is 3.00. The summed E-state index contributed by atoms with van der Waals surface area (Å²) in [7, 11) is 1.39. The Morgan fingerprint density at radius 1 is 1.48 bits per heavy atom. The highest BCUT2D eigenvalue weighted by Gasteiger charge is 2.10. The summed E-state index contributed by atoms with van der Waals surface area (Å²) in [5, 5.41) is 6.54. The minimum atomic E-state index is -0.400. The van der Waals surface area contributed by atoms with E-state index < -0.39 is 5.91 Å². The molecule has 0 atom stereocenters. The van der Waals surface area contributed by atoms with E-state index in [9.17, 15) is 9.59 Å². The monoisotopic (exact) mass is 291 g/mol. The van der Waals surface area contributed by atoms with E-state index in [1.54, 1.807) is 6.07 Å². The van der Waals surface area contributed by atoms with Gasteiger partial charge in [-0.3, -0.25) is 9.59 Å². The average molecular weight is 291 g/mol. The molecule has 0 aromatic carbocycles. The van der Waals surface area contributed by atoms with Gasteiger partial charge in [-0.15, -0.1) is 0 Å². The average Bonchev–Trinajstić information content (AvgIpc) is 2.93. The van der Waals surface area contributed by atoms with Crippen LogP contribution in [0.15, 0.2) is 27.6 Å². The fourth-order valence-corrected chi connectivity index (χ4v) is 1.82. The largest absolute Gasteiger partial charge is 0.491 e. The Bertz CT molecular complexity index is 675. The maximum absolute atomic E-state index is 11.9. The van der Waals surface area contributed by atoms with Gasteiger partial charge in [0.1, 0.15) is 5.69 Å². The van der Waals surface area contributed by atoms with Crippen LogP contribution in [0.1, 0.15) is 35.3 Å². The normalized spacial score (nSPS) is 10.4. The van der Waals surface area contributed by atoms with E-state index in [2.05, 4.69) is 22.4 Å². The molecule has 0 radical (unpaired) electrons. The van der Waals surface area contributed by atoms with E-state index >= 15 is 0 Å². The summed E-state index contributed by atoms with van der Waals surface area (Å²) in [6.07, 6.45) is 3.17. The molecule has 0 aliphatic rings. The van der Waals surface area contributed by atoms with Crippen LogP contribution in [0.5, 0.6) is 5.75 Å². The second kappa shape index (κ2) is 6.74. The molecule has 21 heavy (non-hydrogen) atoms. The summed E-state index contributed by atoms with van der Waals surface area (Å²) in [4.78, 5) is 26.2. The molecule has 2 aromatic rings. The number of aromatic nitrogens is 2. The minimum absolute atomic E-state index is 0.158. The number of pyridine rings is 1. The standard InChI is InChI=1S/C14H17N3O4/c1-3-4-9-5-10(21-17-9)7-16-14(19)11-6-12(18)13(20-2)8-15-11/h5-6,8H,3-4,7H2,1-2H3,(H,15,18)(H,16,19). The van der Waals surface area contributed by atoms with Crippen molar-refractivity contribution in [2.75, 3.05) is 7.11 Å². The van der Waals surface area contributed by atoms with Crippen LogP contribution in [0.4, 0.5) is 0 Å². The molecule has 0 unspecified atom stereocenters. The van der Waals surface area contributed by atoms with Gasteiger partial charge in [0.15, 0.2) is 11.5 Å². The molecule has 0 aliphatic heterocycles. The van der Waals surface area contributed by atoms with E-state index in [4.69, 9.17) is 9.26 Å². The number of aryl methyl sites for hydroxylation is 1. The first kappa shape index (κ1) is 14.8. The van der Waals surface area contributed by atoms with Crippen LogP contribution in [-0.2, 0) is 13.0 Å². The number of amides is 1. The topological polar surface area (TPSA) is 97.2 Å². The van der Waals surface area contributed by atoms with Crippen LogP contribution < -0.4 is 15.5 Å². The highest BCUT2D eigenvalue weighted by molar-refractivity contribution is 5.92. The van der Waals surface area contributed by atoms with Crippen molar-refractivity contribution in [3.63, 3.8) is 0 Å². The van der Waals surface area contributed by atoms with Crippen LogP contribution in [0.25, 0.3) is 0 Å². The van der Waals surface area contributed by atoms with Gasteiger partial charge in [0.25, 0.3) is 5.91 Å². The third kappa shape index (κ3) is 3.71. The van der Waals surface area contributed by atoms with E-state index in [1.165, 1.54) is 19.4 Å². The molecule has 112 valence electrons. The molecular weight excluding hydrogens is 274 g/mol. The van der Waals surface area contributed by atoms with Crippen molar-refractivity contribution in [1.29, 1.82) is 0 Å². The third-order valence-electron chi connectivity index (χ3n) is 2.88. The van der Waals surface area contributed by atoms with Crippen LogP contribution in [0, 0.1) is 0 Å². The Morgan fingerprint density at radius 3 is 2.95 bits per heavy atom. The molecule has 0 spiro atoms. The van der Waals surface area contributed by atoms with Crippen LogP contribution in [0.2, 0.25) is 0 Å². The molecule has 0 aliphatic carbocycles. The van der Waals surface area contributed by atoms with Crippen molar-refractivity contribution in [3.8, 4) is 5.75 Å². The number of ether oxygens (including phenoxy) is 1. The number of hydrogen-bond donors (Lipinski definition) is 2. The van der Waals surface area contributed by atoms with Gasteiger partial charge in [-0.05, 0) is 6.42 Å². The van der Waals surface area contributed by atoms with Crippen LogP contribution >= 0.6 is 0 Å². The number of carbonyl (C=O) groups is 1. The van der Waals surface area contributed by atoms with Crippen molar-refractivity contribution in [1.82, 2.24) is 15.5 Å². The summed E-state index contributed by atoms with van der Waals surface area (Å²) in [5.41, 5.74) is 0.667. The number of carbonyl (C=O) groups excluding carboxylic acids is 1. The molecule has 2 rings (SSSR count). The van der Waals surface area contributed by atoms with Gasteiger partial charge in [-0.2, -0.15) is 0 Å². The lowest BCUT2D eigenvalue weighted by Crippen LogP contribution is -2.25. The maximum Gasteiger partial charge on any atom is 0.268 e. The van der Waals surface area contributed by atoms with Gasteiger partial charge in [0.05, 0.1) is 19.3 Å². The second-order valence-corrected chi connectivity index (χ2v) is 4.50. The number of H-pyrrole nitrogens is 1. The molecule has 2 heterocycles. The fourth-order valence-electron chi connectivity index (χ4n) is 1.82. The Balaban J connectivity index is 1.97. The van der Waals surface area contributed by atoms with Crippen molar-refractivity contribution in [2.45, 2.75) is 26.3 Å². The van der Waals surface area contributed by atoms with Crippen molar-refractivity contribution >= 4 is 5.91 Å². The second-order valence-electron chi connectivity index (χ2n) is 4.50. The van der Waals surface area contributed by atoms with Gasteiger partial charge in [0, 0.05) is 18.3 Å². The zero-order valence-electron chi connectivity index (χ0n) is 11.9. The molecular formula is C14H17N3O4. The minimum Gasteiger partial charge on any atom is -0.491 e. The van der Waals surface area contributed by atoms with E-state index in [0.29, 0.717) is 5.76 Å². The molecule has 0 bridgehead atoms. The van der Waals surface area contributed by atoms with Gasteiger partial charge >= 0.3 is 0 Å². The first-order valence-electron chi connectivity index (χ1n) is 6.63. The first-order chi connectivity index (χ1) is 10.1. The zero-order valence-corrected chi connectivity index (χ0v) is 11.9. The van der Waals surface area contributed by atoms with E-state index in [-0.39, 0.29) is 23.4 Å². The maximum atomic E-state index is 11.9. The SMILES string of the molecule is CCCc1cc(CNC(=O)c2cc(=O)c(OC)c[nH]2)on1. The van der Waals surface area contributed by atoms with E-state index in [1.807, 2.05) is 0 Å². The molecule has 7 heteroatoms. The quantitative estimate of drug-likeness (QED) is 0.835. The number of methoxy groups -OCH3 is 1. The molecule has 1 amide bonds. The molecule has 0 saturated heterocycles. The predicted octanol–water partition coefficient (Wildman–Crippen LogP) is 1.25. The summed E-state index contributed by atoms with van der Waals surface area (Å²) in [5.74, 6) is 0.330. The van der Waals surface area contributed by atoms with Gasteiger partial charge in [-0.25, -0.2) is 0 Å². The number of hydrogen-bond acceptors (Lipinski definition) is 5. The Kier molecular flexibility index (Phi) is 4.76. The lowest BCUT2D eigenvalue weighted by Gasteiger charge is -2.04. The van der Waals surface area contributed by atoms with Crippen LogP contribution in [-0.4, -0.2) is 23.2 Å². The van der Waals surface area contributed by atoms with Crippen molar-refractivity contribution in [2.24, 2.45) is 0 Å². The highest BCUT2D eigenvalue weighted by atomic mass is 16.5. The third-order valence-corrected chi connectivity index (χ3v) is 2.88. The Labute approximate surface area is 121 Å². The number of nitrogens with zero attached hydrogens (tertiary/aromatic N) is 1. The smallest absolute Gasteiger partial charge is 0.268 e. The summed E-state index contributed by atoms with van der Waals surface area (Å²) < 4.78 is 9.94. The summed E-state index contributed by atoms with van der Waals surface area (Å²) in [6.45, 7) is 2.26. The fraction of sp³-hybridized carbons (Fsp3) is 0.357. The molecule has 0 saturated carbocycles. The number of rotatable bonds is 6. The zero-order chi connectivity index (χ0) is 15.2. The van der Waals surface area contributed by atoms with E-state index in [0.717, 1.165) is 18.5 Å². The van der Waals surface area contributed by atoms with Gasteiger partial charge < -0.3 is 19.6 Å². The molecule has 2 aromatic heterocycles. The van der Waals surface area contributed by atoms with Gasteiger partial charge in [0.2, 0.25) is 5.43 Å². The van der Waals surface area contributed by atoms with Crippen molar-refractivity contribution in [3.05, 3.63) is 45.7 Å². The Morgan fingerprint density at radius 2 is 2.29 bits per heavy atom. The molecule has 2 N–H and O–H groups in total. The lowest BCUT2D eigenvalue weighted by molar-refractivity contribution is 0.0942. The van der Waals surface area contributed by atoms with Gasteiger partial charge in [-0.1, -0.05) is 18.5 Å². The van der Waals surface area contributed by atoms with Crippen LogP contribution in [0.3, 0.4) is 0 Å². The highest BCUT2D eigenvalue weighted by Crippen LogP contribution is 2.06. The van der Waals surface area contributed by atoms with Crippen molar-refractivity contribution < 1.29 is 14.1 Å². The summed E-state index contributed by atoms with van der Waals surface area (Å²) >= 11 is 0. The predicted molar refractivity (Wildman–Crippen MR) is 75.3 cm³/mol. The molecule has 7 nitrogen and oxygen atoms in total. The Hall–Kier alpha value is -2.57. The lowest BCUT2D eigenvalue weighted by atomic mass is 10.2. The number of nitrogens with one attached hydrogen (secondary N) is 2. The first-order valence-corrected chi connectivity index (χ1v) is 6.63.